The fraction of sp³-hybridized carbons (Fsp3) is 0.100. The van der Waals surface area contributed by atoms with Gasteiger partial charge in [-0.1, -0.05) is 71.8 Å². The number of hydrogen-bond donors (Lipinski definition) is 0. The lowest BCUT2D eigenvalue weighted by molar-refractivity contribution is 0.589. The SMILES string of the molecule is Cc1ccc(S(=O)(=O)C(c2ccccc2)c2ccc(Cl)cc2)cc1. The van der Waals surface area contributed by atoms with Gasteiger partial charge in [-0.05, 0) is 42.3 Å². The summed E-state index contributed by atoms with van der Waals surface area (Å²) in [6.07, 6.45) is 0. The average Bonchev–Trinajstić information content (AvgIpc) is 2.58. The van der Waals surface area contributed by atoms with Crippen molar-refractivity contribution in [2.45, 2.75) is 17.1 Å². The Morgan fingerprint density at radius 2 is 1.29 bits per heavy atom. The molecule has 0 fully saturated rings. The first-order chi connectivity index (χ1) is 11.5. The van der Waals surface area contributed by atoms with Crippen LogP contribution in [-0.4, -0.2) is 8.42 Å². The van der Waals surface area contributed by atoms with Crippen LogP contribution in [0.4, 0.5) is 0 Å². The lowest BCUT2D eigenvalue weighted by Gasteiger charge is -2.19. The third-order valence-electron chi connectivity index (χ3n) is 3.93. The number of hydrogen-bond acceptors (Lipinski definition) is 2. The summed E-state index contributed by atoms with van der Waals surface area (Å²) in [4.78, 5) is 0.317. The fourth-order valence-electron chi connectivity index (χ4n) is 2.68. The van der Waals surface area contributed by atoms with Crippen molar-refractivity contribution in [3.8, 4) is 0 Å². The predicted molar refractivity (Wildman–Crippen MR) is 98.1 cm³/mol. The van der Waals surface area contributed by atoms with Crippen LogP contribution in [0.25, 0.3) is 0 Å². The Bertz CT molecular complexity index is 916. The van der Waals surface area contributed by atoms with Crippen molar-refractivity contribution >= 4 is 21.4 Å². The largest absolute Gasteiger partial charge is 0.223 e. The van der Waals surface area contributed by atoms with Gasteiger partial charge in [0.25, 0.3) is 0 Å². The Balaban J connectivity index is 2.17. The Morgan fingerprint density at radius 3 is 1.88 bits per heavy atom. The Kier molecular flexibility index (Phi) is 4.74. The van der Waals surface area contributed by atoms with Crippen LogP contribution in [-0.2, 0) is 9.84 Å². The Morgan fingerprint density at radius 1 is 0.750 bits per heavy atom. The topological polar surface area (TPSA) is 34.1 Å². The molecule has 2 nitrogen and oxygen atoms in total. The molecule has 3 aromatic rings. The van der Waals surface area contributed by atoms with E-state index >= 15 is 0 Å². The normalized spacial score (nSPS) is 12.8. The molecule has 0 bridgehead atoms. The lowest BCUT2D eigenvalue weighted by atomic mass is 10.0. The zero-order chi connectivity index (χ0) is 17.2. The maximum Gasteiger partial charge on any atom is 0.189 e. The summed E-state index contributed by atoms with van der Waals surface area (Å²) in [6, 6.07) is 23.2. The van der Waals surface area contributed by atoms with Crippen molar-refractivity contribution in [2.75, 3.05) is 0 Å². The molecule has 3 rings (SSSR count). The average molecular weight is 357 g/mol. The first-order valence-corrected chi connectivity index (χ1v) is 9.52. The predicted octanol–water partition coefficient (Wildman–Crippen LogP) is 5.21. The summed E-state index contributed by atoms with van der Waals surface area (Å²) in [5, 5.41) is -0.183. The summed E-state index contributed by atoms with van der Waals surface area (Å²) in [5.41, 5.74) is 2.46. The van der Waals surface area contributed by atoms with Crippen LogP contribution in [0.15, 0.2) is 83.8 Å². The van der Waals surface area contributed by atoms with E-state index < -0.39 is 15.1 Å². The number of halogens is 1. The molecule has 1 atom stereocenters. The third-order valence-corrected chi connectivity index (χ3v) is 6.28. The van der Waals surface area contributed by atoms with Gasteiger partial charge in [0.15, 0.2) is 9.84 Å². The van der Waals surface area contributed by atoms with E-state index in [0.717, 1.165) is 11.1 Å². The van der Waals surface area contributed by atoms with Crippen molar-refractivity contribution in [1.82, 2.24) is 0 Å². The van der Waals surface area contributed by atoms with Crippen molar-refractivity contribution in [2.24, 2.45) is 0 Å². The van der Waals surface area contributed by atoms with Crippen LogP contribution in [0.5, 0.6) is 0 Å². The third kappa shape index (κ3) is 3.37. The molecule has 0 radical (unpaired) electrons. The van der Waals surface area contributed by atoms with Gasteiger partial charge >= 0.3 is 0 Å². The molecule has 3 aromatic carbocycles. The minimum atomic E-state index is -3.58. The molecule has 0 spiro atoms. The first-order valence-electron chi connectivity index (χ1n) is 7.59. The van der Waals surface area contributed by atoms with Gasteiger partial charge in [0, 0.05) is 5.02 Å². The molecule has 122 valence electrons. The molecule has 24 heavy (non-hydrogen) atoms. The summed E-state index contributed by atoms with van der Waals surface area (Å²) in [5.74, 6) is 0. The van der Waals surface area contributed by atoms with E-state index in [9.17, 15) is 8.42 Å². The number of aryl methyl sites for hydroxylation is 1. The number of sulfone groups is 1. The maximum atomic E-state index is 13.3. The molecule has 0 aliphatic heterocycles. The van der Waals surface area contributed by atoms with E-state index in [2.05, 4.69) is 0 Å². The smallest absolute Gasteiger partial charge is 0.189 e. The van der Waals surface area contributed by atoms with Crippen LogP contribution in [0.1, 0.15) is 21.9 Å². The lowest BCUT2D eigenvalue weighted by Crippen LogP contribution is -2.15. The summed E-state index contributed by atoms with van der Waals surface area (Å²) >= 11 is 5.96. The van der Waals surface area contributed by atoms with E-state index in [1.807, 2.05) is 49.4 Å². The molecule has 0 aliphatic rings. The van der Waals surface area contributed by atoms with E-state index in [1.165, 1.54) is 0 Å². The van der Waals surface area contributed by atoms with Crippen LogP contribution >= 0.6 is 11.6 Å². The number of benzene rings is 3. The minimum Gasteiger partial charge on any atom is -0.223 e. The highest BCUT2D eigenvalue weighted by Gasteiger charge is 2.30. The van der Waals surface area contributed by atoms with Crippen molar-refractivity contribution < 1.29 is 8.42 Å². The zero-order valence-electron chi connectivity index (χ0n) is 13.2. The van der Waals surface area contributed by atoms with Gasteiger partial charge < -0.3 is 0 Å². The van der Waals surface area contributed by atoms with Crippen LogP contribution in [0.3, 0.4) is 0 Å². The van der Waals surface area contributed by atoms with E-state index in [-0.39, 0.29) is 0 Å². The fourth-order valence-corrected chi connectivity index (χ4v) is 4.62. The molecule has 0 heterocycles. The van der Waals surface area contributed by atoms with Crippen molar-refractivity contribution in [1.29, 1.82) is 0 Å². The molecule has 0 aromatic heterocycles. The Hall–Kier alpha value is -2.10. The zero-order valence-corrected chi connectivity index (χ0v) is 14.8. The monoisotopic (exact) mass is 356 g/mol. The van der Waals surface area contributed by atoms with Gasteiger partial charge in [-0.2, -0.15) is 0 Å². The van der Waals surface area contributed by atoms with Gasteiger partial charge in [0.2, 0.25) is 0 Å². The first kappa shape index (κ1) is 16.7. The molecule has 0 amide bonds. The molecule has 1 unspecified atom stereocenters. The quantitative estimate of drug-likeness (QED) is 0.642. The molecular formula is C20H17ClO2S. The second-order valence-corrected chi connectivity index (χ2v) is 8.17. The summed E-state index contributed by atoms with van der Waals surface area (Å²) in [7, 11) is -3.58. The van der Waals surface area contributed by atoms with E-state index in [0.29, 0.717) is 15.5 Å². The van der Waals surface area contributed by atoms with Gasteiger partial charge in [-0.3, -0.25) is 0 Å². The van der Waals surface area contributed by atoms with Gasteiger partial charge in [-0.15, -0.1) is 0 Å². The van der Waals surface area contributed by atoms with Gasteiger partial charge in [0.1, 0.15) is 5.25 Å². The molecule has 0 N–H and O–H groups in total. The summed E-state index contributed by atoms with van der Waals surface area (Å²) < 4.78 is 26.6. The minimum absolute atomic E-state index is 0.317. The number of rotatable bonds is 4. The van der Waals surface area contributed by atoms with E-state index in [4.69, 9.17) is 11.6 Å². The molecule has 0 saturated heterocycles. The molecular weight excluding hydrogens is 340 g/mol. The highest BCUT2D eigenvalue weighted by atomic mass is 35.5. The van der Waals surface area contributed by atoms with E-state index in [1.54, 1.807) is 36.4 Å². The summed E-state index contributed by atoms with van der Waals surface area (Å²) in [6.45, 7) is 1.93. The molecule has 0 saturated carbocycles. The van der Waals surface area contributed by atoms with Gasteiger partial charge in [0.05, 0.1) is 4.90 Å². The second kappa shape index (κ2) is 6.80. The van der Waals surface area contributed by atoms with Crippen LogP contribution < -0.4 is 0 Å². The highest BCUT2D eigenvalue weighted by Crippen LogP contribution is 2.35. The molecule has 4 heteroatoms. The van der Waals surface area contributed by atoms with Gasteiger partial charge in [-0.25, -0.2) is 8.42 Å². The van der Waals surface area contributed by atoms with Crippen LogP contribution in [0, 0.1) is 6.92 Å². The standard InChI is InChI=1S/C20H17ClO2S/c1-15-7-13-19(14-8-15)24(22,23)20(16-5-3-2-4-6-16)17-9-11-18(21)12-10-17/h2-14,20H,1H3. The molecule has 0 aliphatic carbocycles. The van der Waals surface area contributed by atoms with Crippen molar-refractivity contribution in [3.63, 3.8) is 0 Å². The highest BCUT2D eigenvalue weighted by molar-refractivity contribution is 7.91. The van der Waals surface area contributed by atoms with Crippen molar-refractivity contribution in [3.05, 3.63) is 101 Å². The Labute approximate surface area is 147 Å². The maximum absolute atomic E-state index is 13.3. The van der Waals surface area contributed by atoms with Crippen LogP contribution in [0.2, 0.25) is 5.02 Å². The second-order valence-electron chi connectivity index (χ2n) is 5.70.